The van der Waals surface area contributed by atoms with E-state index in [2.05, 4.69) is 79.7 Å². The summed E-state index contributed by atoms with van der Waals surface area (Å²) in [5.74, 6) is 0. The molecule has 0 amide bonds. The predicted molar refractivity (Wildman–Crippen MR) is 354 cm³/mol. The van der Waals surface area contributed by atoms with Crippen LogP contribution in [0.1, 0.15) is 0 Å². The van der Waals surface area contributed by atoms with Crippen molar-refractivity contribution >= 4 is 115 Å². The van der Waals surface area contributed by atoms with Gasteiger partial charge in [0.25, 0.3) is 4.45 Å². The molecular formula is C65H56N16O9S2-2. The molecule has 0 aliphatic carbocycles. The average molecular weight is 1270 g/mol. The molecule has 8 N–H and O–H groups in total. The highest BCUT2D eigenvalue weighted by atomic mass is 32.3. The summed E-state index contributed by atoms with van der Waals surface area (Å²) in [4.78, 5) is 75.5. The van der Waals surface area contributed by atoms with Crippen LogP contribution in [0, 0.1) is 0 Å². The van der Waals surface area contributed by atoms with Crippen molar-refractivity contribution in [3.8, 4) is 0 Å². The van der Waals surface area contributed by atoms with Crippen molar-refractivity contribution in [3.05, 3.63) is 293 Å². The van der Waals surface area contributed by atoms with Gasteiger partial charge >= 0.3 is 0 Å². The number of nitrogens with zero attached hydrogens (tertiary/aromatic N) is 16. The van der Waals surface area contributed by atoms with Crippen LogP contribution < -0.4 is 0 Å². The number of carbonyl (C=O) groups excluding carboxylic acids is 1. The third-order valence-corrected chi connectivity index (χ3v) is 12.6. The van der Waals surface area contributed by atoms with Gasteiger partial charge in [0.2, 0.25) is 0 Å². The predicted octanol–water partition coefficient (Wildman–Crippen LogP) is 8.60. The molecule has 0 aliphatic heterocycles. The largest absolute Gasteiger partial charge is 0.766 e. The molecule has 16 aromatic rings. The van der Waals surface area contributed by atoms with E-state index in [0.29, 0.717) is 0 Å². The Morgan fingerprint density at radius 3 is 0.326 bits per heavy atom. The van der Waals surface area contributed by atoms with Crippen LogP contribution in [0.5, 0.6) is 0 Å². The highest BCUT2D eigenvalue weighted by Crippen LogP contribution is 2.10. The molecule has 16 heterocycles. The molecule has 0 aromatic carbocycles. The summed E-state index contributed by atoms with van der Waals surface area (Å²) in [5.41, 5.74) is 15.2. The zero-order valence-corrected chi connectivity index (χ0v) is 49.9. The Labute approximate surface area is 529 Å². The van der Waals surface area contributed by atoms with E-state index >= 15 is 0 Å². The van der Waals surface area contributed by atoms with E-state index in [1.807, 2.05) is 194 Å². The normalized spacial score (nSPS) is 10.2. The lowest BCUT2D eigenvalue weighted by Gasteiger charge is -2.03. The highest BCUT2D eigenvalue weighted by molar-refractivity contribution is 8.21. The zero-order valence-electron chi connectivity index (χ0n) is 48.2. The Bertz CT molecular complexity index is 3460. The van der Waals surface area contributed by atoms with Gasteiger partial charge in [-0.15, -0.1) is 0 Å². The van der Waals surface area contributed by atoms with Crippen LogP contribution in [0.15, 0.2) is 293 Å². The number of rotatable bonds is 0. The van der Waals surface area contributed by atoms with Gasteiger partial charge in [-0.25, -0.2) is 0 Å². The van der Waals surface area contributed by atoms with Gasteiger partial charge in [-0.3, -0.25) is 93.0 Å². The van der Waals surface area contributed by atoms with E-state index in [4.69, 9.17) is 0 Å². The Morgan fingerprint density at radius 2 is 0.272 bits per heavy atom. The van der Waals surface area contributed by atoms with Crippen molar-refractivity contribution in [1.82, 2.24) is 79.7 Å². The first-order chi connectivity index (χ1) is 43.3. The van der Waals surface area contributed by atoms with Crippen LogP contribution >= 0.6 is 0 Å². The Balaban J connectivity index is 0.000000220. The van der Waals surface area contributed by atoms with Gasteiger partial charge in [0.05, 0.1) is 88.3 Å². The summed E-state index contributed by atoms with van der Waals surface area (Å²) in [7, 11) is 0. The second-order valence-corrected chi connectivity index (χ2v) is 19.0. The third-order valence-electron chi connectivity index (χ3n) is 11.2. The molecule has 0 saturated carbocycles. The summed E-state index contributed by atoms with van der Waals surface area (Å²) in [6.45, 7) is 0. The first-order valence-corrected chi connectivity index (χ1v) is 28.4. The van der Waals surface area contributed by atoms with E-state index in [0.717, 1.165) is 88.3 Å². The molecule has 0 radical (unpaired) electrons. The fourth-order valence-electron chi connectivity index (χ4n) is 7.29. The smallest absolute Gasteiger partial charge is 0.279 e. The van der Waals surface area contributed by atoms with Gasteiger partial charge in [0.15, 0.2) is 0 Å². The van der Waals surface area contributed by atoms with Gasteiger partial charge in [-0.2, -0.15) is 0 Å². The van der Waals surface area contributed by atoms with Gasteiger partial charge in [-0.1, -0.05) is 0 Å². The zero-order chi connectivity index (χ0) is 61.2. The number of hydrogen-bond donors (Lipinski definition) is 0. The standard InChI is InChI=1S/8C8H6N2.CH2O5S2.4H2O/c8*1-3-7-8(9-5-1)4-2-6-10-7;2-1(7(3)4)8(5)6;;;;/h8*1-6H;(H,3,4)(H,5,6);4*1H2/p-2. The van der Waals surface area contributed by atoms with Crippen molar-refractivity contribution in [2.45, 2.75) is 0 Å². The SMILES string of the molecule is O.O.O.O.O=C(S(=O)[O-])S(=O)[O-].c1cnc2cccnc2c1.c1cnc2cccnc2c1.c1cnc2cccnc2c1.c1cnc2cccnc2c1.c1cnc2cccnc2c1.c1cnc2cccnc2c1.c1cnc2cccnc2c1.c1cnc2cccnc2c1. The number of fused-ring (bicyclic) bond motifs is 8. The van der Waals surface area contributed by atoms with Crippen molar-refractivity contribution < 1.29 is 44.2 Å². The monoisotopic (exact) mass is 1270 g/mol. The summed E-state index contributed by atoms with van der Waals surface area (Å²) in [5, 5.41) is 0. The molecular weight excluding hydrogens is 1210 g/mol. The maximum atomic E-state index is 9.62. The first kappa shape index (κ1) is 72.7. The van der Waals surface area contributed by atoms with E-state index < -0.39 is 26.6 Å². The Hall–Kier alpha value is -11.8. The molecule has 0 fully saturated rings. The molecule has 2 unspecified atom stereocenters. The number of aromatic nitrogens is 16. The summed E-state index contributed by atoms with van der Waals surface area (Å²) in [6.07, 6.45) is 28.3. The lowest BCUT2D eigenvalue weighted by Crippen LogP contribution is -2.09. The molecule has 0 spiro atoms. The minimum atomic E-state index is -3.14. The van der Waals surface area contributed by atoms with E-state index in [1.165, 1.54) is 0 Å². The number of hydrogen-bond acceptors (Lipinski definition) is 21. The first-order valence-electron chi connectivity index (χ1n) is 26.3. The van der Waals surface area contributed by atoms with E-state index in [9.17, 15) is 22.3 Å². The quantitative estimate of drug-likeness (QED) is 0.128. The molecule has 25 nitrogen and oxygen atoms in total. The van der Waals surface area contributed by atoms with Crippen LogP contribution in [0.2, 0.25) is 0 Å². The molecule has 0 saturated heterocycles. The minimum absolute atomic E-state index is 0. The van der Waals surface area contributed by atoms with Crippen LogP contribution in [-0.2, 0) is 22.2 Å². The van der Waals surface area contributed by atoms with Gasteiger partial charge in [0, 0.05) is 121 Å². The maximum Gasteiger partial charge on any atom is 0.279 e. The highest BCUT2D eigenvalue weighted by Gasteiger charge is 1.99. The van der Waals surface area contributed by atoms with Crippen LogP contribution in [-0.4, -0.2) is 124 Å². The van der Waals surface area contributed by atoms with E-state index in [1.54, 1.807) is 99.1 Å². The number of pyridine rings is 16. The molecule has 464 valence electrons. The van der Waals surface area contributed by atoms with Crippen molar-refractivity contribution in [1.29, 1.82) is 0 Å². The van der Waals surface area contributed by atoms with E-state index in [-0.39, 0.29) is 21.9 Å². The van der Waals surface area contributed by atoms with Crippen LogP contribution in [0.3, 0.4) is 0 Å². The summed E-state index contributed by atoms with van der Waals surface area (Å²) < 4.78 is 35.8. The maximum absolute atomic E-state index is 9.62. The summed E-state index contributed by atoms with van der Waals surface area (Å²) in [6, 6.07) is 61.3. The minimum Gasteiger partial charge on any atom is -0.766 e. The van der Waals surface area contributed by atoms with Crippen molar-refractivity contribution in [3.63, 3.8) is 0 Å². The van der Waals surface area contributed by atoms with Crippen LogP contribution in [0.25, 0.3) is 88.3 Å². The van der Waals surface area contributed by atoms with Gasteiger partial charge in [-0.05, 0) is 194 Å². The molecule has 16 aromatic heterocycles. The molecule has 27 heteroatoms. The topological polar surface area (TPSA) is 430 Å². The van der Waals surface area contributed by atoms with Gasteiger partial charge < -0.3 is 31.0 Å². The molecule has 0 bridgehead atoms. The van der Waals surface area contributed by atoms with Crippen molar-refractivity contribution in [2.24, 2.45) is 0 Å². The lowest BCUT2D eigenvalue weighted by atomic mass is 10.3. The Morgan fingerprint density at radius 1 is 0.196 bits per heavy atom. The molecule has 0 aliphatic rings. The fourth-order valence-corrected chi connectivity index (χ4v) is 7.73. The van der Waals surface area contributed by atoms with Gasteiger partial charge in [0.1, 0.15) is 0 Å². The lowest BCUT2D eigenvalue weighted by molar-refractivity contribution is 0.271. The summed E-state index contributed by atoms with van der Waals surface area (Å²) >= 11 is -6.28. The second kappa shape index (κ2) is 40.6. The second-order valence-electron chi connectivity index (χ2n) is 17.1. The number of carbonyl (C=O) groups is 1. The molecule has 92 heavy (non-hydrogen) atoms. The fraction of sp³-hybridized carbons (Fsp3) is 0. The average Bonchev–Trinajstić information content (AvgIpc) is 3.42. The van der Waals surface area contributed by atoms with Crippen LogP contribution in [0.4, 0.5) is 4.79 Å². The molecule has 2 atom stereocenters. The van der Waals surface area contributed by atoms with Crippen molar-refractivity contribution in [2.75, 3.05) is 0 Å². The molecule has 16 rings (SSSR count). The third kappa shape index (κ3) is 23.7. The Kier molecular flexibility index (Phi) is 32.1.